The van der Waals surface area contributed by atoms with Crippen LogP contribution in [-0.4, -0.2) is 65.2 Å². The molecule has 180 valence electrons. The van der Waals surface area contributed by atoms with Crippen LogP contribution >= 0.6 is 11.6 Å². The van der Waals surface area contributed by atoms with Crippen molar-refractivity contribution in [3.8, 4) is 5.75 Å². The van der Waals surface area contributed by atoms with Gasteiger partial charge in [-0.15, -0.1) is 0 Å². The van der Waals surface area contributed by atoms with Crippen LogP contribution in [0.5, 0.6) is 5.75 Å². The number of nitrogens with one attached hydrogen (secondary N) is 2. The Kier molecular flexibility index (Phi) is 8.23. The van der Waals surface area contributed by atoms with Crippen molar-refractivity contribution in [2.45, 2.75) is 30.9 Å². The van der Waals surface area contributed by atoms with Crippen LogP contribution in [0.2, 0.25) is 5.02 Å². The molecule has 0 aliphatic carbocycles. The molecule has 1 heterocycles. The van der Waals surface area contributed by atoms with Crippen LogP contribution < -0.4 is 14.8 Å². The van der Waals surface area contributed by atoms with Crippen molar-refractivity contribution < 1.29 is 22.7 Å². The van der Waals surface area contributed by atoms with Gasteiger partial charge in [-0.3, -0.25) is 9.52 Å². The van der Waals surface area contributed by atoms with E-state index in [1.165, 1.54) is 18.2 Å². The van der Waals surface area contributed by atoms with Crippen molar-refractivity contribution in [3.05, 3.63) is 53.1 Å². The summed E-state index contributed by atoms with van der Waals surface area (Å²) in [4.78, 5) is 14.9. The molecule has 1 aliphatic rings. The zero-order valence-electron chi connectivity index (χ0n) is 19.2. The lowest BCUT2D eigenvalue weighted by Gasteiger charge is -2.30. The number of carbonyl (C=O) groups is 1. The van der Waals surface area contributed by atoms with Crippen molar-refractivity contribution in [2.75, 3.05) is 38.6 Å². The minimum Gasteiger partial charge on any atom is -0.491 e. The highest BCUT2D eigenvalue weighted by molar-refractivity contribution is 7.92. The topological polar surface area (TPSA) is 97.0 Å². The van der Waals surface area contributed by atoms with Crippen LogP contribution in [0.15, 0.2) is 47.4 Å². The Morgan fingerprint density at radius 3 is 2.67 bits per heavy atom. The quantitative estimate of drug-likeness (QED) is 0.676. The molecule has 0 saturated carbocycles. The van der Waals surface area contributed by atoms with E-state index in [2.05, 4.69) is 17.0 Å². The predicted molar refractivity (Wildman–Crippen MR) is 129 cm³/mol. The normalized spacial score (nSPS) is 22.5. The van der Waals surface area contributed by atoms with E-state index in [9.17, 15) is 13.2 Å². The van der Waals surface area contributed by atoms with Crippen LogP contribution in [0.25, 0.3) is 0 Å². The minimum absolute atomic E-state index is 0.0271. The second-order valence-corrected chi connectivity index (χ2v) is 10.5. The van der Waals surface area contributed by atoms with Gasteiger partial charge in [0.2, 0.25) is 0 Å². The van der Waals surface area contributed by atoms with Gasteiger partial charge in [-0.25, -0.2) is 8.42 Å². The Morgan fingerprint density at radius 1 is 1.21 bits per heavy atom. The van der Waals surface area contributed by atoms with Crippen molar-refractivity contribution in [3.63, 3.8) is 0 Å². The average molecular weight is 496 g/mol. The first-order valence-corrected chi connectivity index (χ1v) is 12.5. The summed E-state index contributed by atoms with van der Waals surface area (Å²) in [5.41, 5.74) is 0.507. The Morgan fingerprint density at radius 2 is 1.97 bits per heavy atom. The van der Waals surface area contributed by atoms with E-state index in [0.29, 0.717) is 23.9 Å². The van der Waals surface area contributed by atoms with E-state index in [1.54, 1.807) is 43.3 Å². The Hall–Kier alpha value is -2.33. The van der Waals surface area contributed by atoms with Gasteiger partial charge in [0.1, 0.15) is 12.4 Å². The van der Waals surface area contributed by atoms with Crippen LogP contribution in [0, 0.1) is 5.92 Å². The Balaban J connectivity index is 1.94. The summed E-state index contributed by atoms with van der Waals surface area (Å²) in [5.74, 6) is 0.264. The summed E-state index contributed by atoms with van der Waals surface area (Å²) in [5, 5.41) is 3.74. The van der Waals surface area contributed by atoms with Crippen molar-refractivity contribution in [2.24, 2.45) is 5.92 Å². The number of likely N-dealkylation sites (N-methyl/N-ethyl adjacent to an activating group) is 1. The van der Waals surface area contributed by atoms with Gasteiger partial charge in [0.05, 0.1) is 16.6 Å². The van der Waals surface area contributed by atoms with Crippen LogP contribution in [0.3, 0.4) is 0 Å². The van der Waals surface area contributed by atoms with Gasteiger partial charge in [-0.2, -0.15) is 0 Å². The molecule has 1 aliphatic heterocycles. The maximum Gasteiger partial charge on any atom is 0.261 e. The van der Waals surface area contributed by atoms with Gasteiger partial charge < -0.3 is 19.7 Å². The number of sulfonamides is 1. The summed E-state index contributed by atoms with van der Waals surface area (Å²) in [6.45, 7) is 5.52. The monoisotopic (exact) mass is 495 g/mol. The number of halogens is 1. The molecule has 0 fully saturated rings. The van der Waals surface area contributed by atoms with E-state index in [1.807, 2.05) is 6.92 Å². The zero-order chi connectivity index (χ0) is 24.2. The third-order valence-electron chi connectivity index (χ3n) is 5.58. The van der Waals surface area contributed by atoms with Gasteiger partial charge in [-0.05, 0) is 49.2 Å². The van der Waals surface area contributed by atoms with Gasteiger partial charge in [0.25, 0.3) is 15.9 Å². The molecule has 3 rings (SSSR count). The first kappa shape index (κ1) is 25.3. The molecule has 10 heteroatoms. The van der Waals surface area contributed by atoms with E-state index < -0.39 is 10.0 Å². The number of methoxy groups -OCH3 is 1. The maximum absolute atomic E-state index is 13.3. The smallest absolute Gasteiger partial charge is 0.261 e. The van der Waals surface area contributed by atoms with E-state index >= 15 is 0 Å². The number of anilines is 1. The second kappa shape index (κ2) is 10.7. The first-order valence-electron chi connectivity index (χ1n) is 10.7. The molecule has 1 amide bonds. The largest absolute Gasteiger partial charge is 0.491 e. The fourth-order valence-corrected chi connectivity index (χ4v) is 4.92. The number of rotatable bonds is 4. The number of amides is 1. The summed E-state index contributed by atoms with van der Waals surface area (Å²) in [7, 11) is -0.569. The van der Waals surface area contributed by atoms with Gasteiger partial charge >= 0.3 is 0 Å². The van der Waals surface area contributed by atoms with Gasteiger partial charge in [0, 0.05) is 44.0 Å². The third-order valence-corrected chi connectivity index (χ3v) is 7.20. The summed E-state index contributed by atoms with van der Waals surface area (Å²) >= 11 is 5.94. The number of hydrogen-bond acceptors (Lipinski definition) is 6. The third kappa shape index (κ3) is 6.38. The van der Waals surface area contributed by atoms with Crippen molar-refractivity contribution in [1.82, 2.24) is 10.2 Å². The molecule has 0 saturated heterocycles. The van der Waals surface area contributed by atoms with E-state index in [0.717, 1.165) is 6.54 Å². The number of benzene rings is 2. The lowest BCUT2D eigenvalue weighted by Crippen LogP contribution is -2.44. The van der Waals surface area contributed by atoms with Crippen LogP contribution in [-0.2, 0) is 14.8 Å². The molecule has 3 atom stereocenters. The number of nitrogens with zero attached hydrogens (tertiary/aromatic N) is 1. The first-order chi connectivity index (χ1) is 15.6. The highest BCUT2D eigenvalue weighted by atomic mass is 35.5. The molecule has 2 aromatic rings. The molecule has 2 aromatic carbocycles. The molecule has 0 radical (unpaired) electrons. The van der Waals surface area contributed by atoms with Crippen LogP contribution in [0.1, 0.15) is 24.2 Å². The fraction of sp³-hybridized carbons (Fsp3) is 0.435. The summed E-state index contributed by atoms with van der Waals surface area (Å²) in [6.07, 6.45) is -0.160. The molecule has 0 aromatic heterocycles. The number of fused-ring (bicyclic) bond motifs is 1. The van der Waals surface area contributed by atoms with E-state index in [-0.39, 0.29) is 40.1 Å². The number of ether oxygens (including phenoxy) is 2. The Bertz CT molecular complexity index is 1100. The minimum atomic E-state index is -3.89. The van der Waals surface area contributed by atoms with Crippen molar-refractivity contribution >= 4 is 33.2 Å². The number of carbonyl (C=O) groups excluding carboxylic acids is 1. The molecule has 8 nitrogen and oxygen atoms in total. The van der Waals surface area contributed by atoms with E-state index in [4.69, 9.17) is 21.1 Å². The average Bonchev–Trinajstić information content (AvgIpc) is 2.78. The predicted octanol–water partition coefficient (Wildman–Crippen LogP) is 3.23. The molecular weight excluding hydrogens is 466 g/mol. The SMILES string of the molecule is CO[C@H]1CN(C)C(=O)c2cc(NS(=O)(=O)c3cccc(Cl)c3)ccc2OC[C@@H](C)NC[C@H]1C. The highest BCUT2D eigenvalue weighted by Crippen LogP contribution is 2.27. The molecule has 0 spiro atoms. The molecular formula is C23H30ClN3O5S. The highest BCUT2D eigenvalue weighted by Gasteiger charge is 2.26. The lowest BCUT2D eigenvalue weighted by atomic mass is 10.0. The maximum atomic E-state index is 13.3. The molecule has 2 N–H and O–H groups in total. The summed E-state index contributed by atoms with van der Waals surface area (Å²) in [6, 6.07) is 10.7. The zero-order valence-corrected chi connectivity index (χ0v) is 20.7. The summed E-state index contributed by atoms with van der Waals surface area (Å²) < 4.78 is 39.7. The standard InChI is InChI=1S/C23H30ClN3O5S/c1-15-12-25-16(2)14-32-21-9-8-18(11-20(21)23(28)27(3)13-22(15)31-4)26-33(29,30)19-7-5-6-17(24)10-19/h5-11,15-16,22,25-26H,12-14H2,1-4H3/t15-,16-,22+/m1/s1. The van der Waals surface area contributed by atoms with Gasteiger partial charge in [-0.1, -0.05) is 24.6 Å². The second-order valence-electron chi connectivity index (χ2n) is 8.33. The van der Waals surface area contributed by atoms with Gasteiger partial charge in [0.15, 0.2) is 0 Å². The Labute approximate surface area is 200 Å². The number of hydrogen-bond donors (Lipinski definition) is 2. The molecule has 0 unspecified atom stereocenters. The molecule has 33 heavy (non-hydrogen) atoms. The van der Waals surface area contributed by atoms with Crippen molar-refractivity contribution in [1.29, 1.82) is 0 Å². The fourth-order valence-electron chi connectivity index (χ4n) is 3.57. The van der Waals surface area contributed by atoms with Crippen LogP contribution in [0.4, 0.5) is 5.69 Å². The molecule has 0 bridgehead atoms. The lowest BCUT2D eigenvalue weighted by molar-refractivity contribution is 0.0281.